The average Bonchev–Trinajstić information content (AvgIpc) is 0.825. The van der Waals surface area contributed by atoms with Crippen molar-refractivity contribution in [2.75, 3.05) is 4.90 Å². The lowest BCUT2D eigenvalue weighted by Gasteiger charge is -2.34. The van der Waals surface area contributed by atoms with Crippen molar-refractivity contribution >= 4 is 82.2 Å². The molecular weight excluding hydrogens is 1400 g/mol. The van der Waals surface area contributed by atoms with Gasteiger partial charge in [0.2, 0.25) is 0 Å². The van der Waals surface area contributed by atoms with Gasteiger partial charge in [0.15, 0.2) is 11.5 Å². The molecule has 0 atom stereocenters. The summed E-state index contributed by atoms with van der Waals surface area (Å²) in [6, 6.07) is 91.2. The molecule has 3 heterocycles. The largest absolute Gasteiger partial charge is 0.453 e. The maximum atomic E-state index is 6.45. The number of allylic oxidation sites excluding steroid dienone is 3. The molecule has 0 fully saturated rings. The maximum absolute atomic E-state index is 6.45. The lowest BCUT2D eigenvalue weighted by atomic mass is 9.84. The second-order valence-electron chi connectivity index (χ2n) is 33.6. The van der Waals surface area contributed by atoms with E-state index in [4.69, 9.17) is 4.74 Å². The van der Waals surface area contributed by atoms with Crippen molar-refractivity contribution in [1.29, 1.82) is 0 Å². The highest BCUT2D eigenvalue weighted by Crippen LogP contribution is 2.53. The molecule has 20 rings (SSSR count). The zero-order chi connectivity index (χ0) is 79.7. The van der Waals surface area contributed by atoms with Crippen molar-refractivity contribution in [3.05, 3.63) is 370 Å². The highest BCUT2D eigenvalue weighted by Gasteiger charge is 2.29. The third-order valence-electron chi connectivity index (χ3n) is 24.9. The molecule has 0 saturated heterocycles. The van der Waals surface area contributed by atoms with Crippen LogP contribution >= 0.6 is 0 Å². The average molecular weight is 1510 g/mol. The summed E-state index contributed by atoms with van der Waals surface area (Å²) < 4.78 is 11.3. The highest BCUT2D eigenvalue weighted by molar-refractivity contribution is 6.12. The van der Waals surface area contributed by atoms with Gasteiger partial charge in [0.05, 0.1) is 22.4 Å². The van der Waals surface area contributed by atoms with Crippen molar-refractivity contribution in [2.45, 2.75) is 171 Å². The molecule has 0 amide bonds. The first-order valence-corrected chi connectivity index (χ1v) is 42.7. The Morgan fingerprint density at radius 1 is 0.284 bits per heavy atom. The summed E-state index contributed by atoms with van der Waals surface area (Å²) in [4.78, 5) is 2.38. The van der Waals surface area contributed by atoms with Crippen LogP contribution in [0.3, 0.4) is 0 Å². The number of anilines is 3. The van der Waals surface area contributed by atoms with Crippen molar-refractivity contribution < 1.29 is 4.74 Å². The summed E-state index contributed by atoms with van der Waals surface area (Å²) in [5.41, 5.74) is 40.0. The molecule has 0 saturated carbocycles. The van der Waals surface area contributed by atoms with Gasteiger partial charge in [-0.15, -0.1) is 19.7 Å². The van der Waals surface area contributed by atoms with Gasteiger partial charge in [-0.1, -0.05) is 191 Å². The Labute approximate surface area is 687 Å². The van der Waals surface area contributed by atoms with Crippen LogP contribution < -0.4 is 9.64 Å². The number of fused-ring (bicyclic) bond motifs is 14. The fraction of sp³-hybridized carbons (Fsp3) is 0.232. The van der Waals surface area contributed by atoms with E-state index in [1.807, 2.05) is 18.2 Å². The number of hydrogen-bond donors (Lipinski definition) is 0. The monoisotopic (exact) mass is 1510 g/mol. The SMILES string of the molecule is C=CCCCCc1c(CCCCC=C)c2cc(C)ccc2c2ccc(C)cc12.C=CCCCCn1c2ccc(C)cc2c2cc(C)ccc21.Cc1ccc2c(c1)Oc1cc(C)ccc1N2c1cc(-c2ccc3c(c2)CC3)cc(-c2ccc3c(c2)CC3)c1.Cc1ccc2c(c1)c1cc(C)ccc1n2-c1cccc(-c2ccc3c(c2)CC3)c1. The van der Waals surface area contributed by atoms with E-state index in [0.29, 0.717) is 0 Å². The molecule has 0 N–H and O–H groups in total. The minimum Gasteiger partial charge on any atom is -0.453 e. The molecule has 0 unspecified atom stereocenters. The number of aromatic nitrogens is 2. The van der Waals surface area contributed by atoms with Gasteiger partial charge in [0.1, 0.15) is 0 Å². The van der Waals surface area contributed by atoms with Crippen molar-refractivity contribution in [3.8, 4) is 50.6 Å². The minimum absolute atomic E-state index is 0.900. The molecule has 4 aliphatic rings. The molecule has 0 bridgehead atoms. The summed E-state index contributed by atoms with van der Waals surface area (Å²) >= 11 is 0. The fourth-order valence-electron chi connectivity index (χ4n) is 18.3. The number of nitrogens with zero attached hydrogens (tertiary/aromatic N) is 3. The number of rotatable bonds is 20. The molecule has 14 aromatic carbocycles. The quantitative estimate of drug-likeness (QED) is 0.0431. The van der Waals surface area contributed by atoms with E-state index >= 15 is 0 Å². The van der Waals surface area contributed by atoms with Gasteiger partial charge < -0.3 is 18.8 Å². The third-order valence-corrected chi connectivity index (χ3v) is 24.9. The molecule has 116 heavy (non-hydrogen) atoms. The molecule has 2 aromatic heterocycles. The van der Waals surface area contributed by atoms with E-state index in [9.17, 15) is 0 Å². The Kier molecular flexibility index (Phi) is 22.1. The lowest BCUT2D eigenvalue weighted by Crippen LogP contribution is -2.16. The molecule has 1 aliphatic heterocycles. The Hall–Kier alpha value is -12.0. The van der Waals surface area contributed by atoms with Crippen LogP contribution in [0, 0.1) is 55.4 Å². The summed E-state index contributed by atoms with van der Waals surface area (Å²) in [5, 5.41) is 11.2. The lowest BCUT2D eigenvalue weighted by molar-refractivity contribution is 0.476. The molecule has 4 nitrogen and oxygen atoms in total. The van der Waals surface area contributed by atoms with E-state index in [0.717, 1.165) is 67.2 Å². The Morgan fingerprint density at radius 2 is 0.638 bits per heavy atom. The second-order valence-corrected chi connectivity index (χ2v) is 33.6. The zero-order valence-electron chi connectivity index (χ0n) is 69.4. The van der Waals surface area contributed by atoms with Crippen LogP contribution in [0.5, 0.6) is 11.5 Å². The number of benzene rings is 14. The van der Waals surface area contributed by atoms with E-state index in [1.165, 1.54) is 259 Å². The van der Waals surface area contributed by atoms with Crippen LogP contribution in [-0.4, -0.2) is 9.13 Å². The van der Waals surface area contributed by atoms with Gasteiger partial charge in [0, 0.05) is 50.5 Å². The summed E-state index contributed by atoms with van der Waals surface area (Å²) in [6.45, 7) is 30.0. The summed E-state index contributed by atoms with van der Waals surface area (Å²) in [7, 11) is 0. The summed E-state index contributed by atoms with van der Waals surface area (Å²) in [5.74, 6) is 1.80. The number of unbranched alkanes of at least 4 members (excludes halogenated alkanes) is 6. The molecule has 578 valence electrons. The van der Waals surface area contributed by atoms with Crippen LogP contribution in [0.15, 0.2) is 281 Å². The third kappa shape index (κ3) is 15.6. The normalized spacial score (nSPS) is 12.7. The first-order valence-electron chi connectivity index (χ1n) is 42.7. The van der Waals surface area contributed by atoms with Gasteiger partial charge >= 0.3 is 0 Å². The predicted molar refractivity (Wildman–Crippen MR) is 499 cm³/mol. The van der Waals surface area contributed by atoms with Gasteiger partial charge in [-0.3, -0.25) is 0 Å². The number of ether oxygens (including phenoxy) is 1. The van der Waals surface area contributed by atoms with Crippen LogP contribution in [0.25, 0.3) is 104 Å². The van der Waals surface area contributed by atoms with E-state index in [1.54, 1.807) is 11.1 Å². The predicted octanol–water partition coefficient (Wildman–Crippen LogP) is 30.8. The van der Waals surface area contributed by atoms with E-state index in [-0.39, 0.29) is 0 Å². The first-order chi connectivity index (χ1) is 56.6. The minimum atomic E-state index is 0.900. The van der Waals surface area contributed by atoms with E-state index < -0.39 is 0 Å². The van der Waals surface area contributed by atoms with Crippen molar-refractivity contribution in [2.24, 2.45) is 0 Å². The maximum Gasteiger partial charge on any atom is 0.151 e. The highest BCUT2D eigenvalue weighted by atomic mass is 16.5. The standard InChI is InChI=1S/C36H29NO.C28H23N.C28H34.C20H23N/c1-22-3-13-33-35(15-22)38-36-16-23(2)4-14-34(36)37(33)32-20-30(28-11-7-24-5-9-26(24)17-28)19-31(21-32)29-12-8-25-6-10-27(25)18-29;1-18-6-12-27-25(14-18)26-15-19(2)7-13-28(26)29(27)24-5-3-4-21(17-24)23-11-9-20-8-10-22(20)16-23;1-5-7-9-11-13-23-24(14-12-10-8-6-2)28-20-22(4)16-18-26(28)25-17-15-21(3)19-27(23)25;1-4-5-6-7-12-21-19-10-8-15(2)13-17(19)18-14-16(3)9-11-20(18)21/h3-4,7-8,11-21H,5-6,9-10H2,1-2H3;3-7,9,11-17H,8,10H2,1-2H3;5-6,15-20H,1-2,7-14H2,3-4H3;4,8-11,13-14H,1,5-7,12H2,2-3H3. The molecule has 3 aliphatic carbocycles. The fourth-order valence-corrected chi connectivity index (χ4v) is 18.3. The molecule has 16 aromatic rings. The van der Waals surface area contributed by atoms with Crippen LogP contribution in [0.1, 0.15) is 147 Å². The number of aryl methyl sites for hydroxylation is 17. The zero-order valence-corrected chi connectivity index (χ0v) is 69.4. The van der Waals surface area contributed by atoms with Gasteiger partial charge in [-0.05, 0) is 378 Å². The van der Waals surface area contributed by atoms with Gasteiger partial charge in [-0.2, -0.15) is 0 Å². The smallest absolute Gasteiger partial charge is 0.151 e. The Morgan fingerprint density at radius 3 is 1.05 bits per heavy atom. The topological polar surface area (TPSA) is 22.3 Å². The second kappa shape index (κ2) is 33.5. The van der Waals surface area contributed by atoms with Gasteiger partial charge in [-0.25, -0.2) is 0 Å². The Bertz CT molecular complexity index is 6180. The summed E-state index contributed by atoms with van der Waals surface area (Å²) in [6.07, 6.45) is 26.3. The molecule has 0 radical (unpaired) electrons. The van der Waals surface area contributed by atoms with E-state index in [2.05, 4.69) is 332 Å². The molecular formula is C112H109N3O. The van der Waals surface area contributed by atoms with Gasteiger partial charge in [0.25, 0.3) is 0 Å². The number of hydrogen-bond acceptors (Lipinski definition) is 2. The molecule has 0 spiro atoms. The van der Waals surface area contributed by atoms with Crippen LogP contribution in [-0.2, 0) is 57.9 Å². The van der Waals surface area contributed by atoms with Crippen molar-refractivity contribution in [3.63, 3.8) is 0 Å². The Balaban J connectivity index is 0.000000114. The van der Waals surface area contributed by atoms with Crippen LogP contribution in [0.2, 0.25) is 0 Å². The van der Waals surface area contributed by atoms with Crippen molar-refractivity contribution in [1.82, 2.24) is 9.13 Å². The molecule has 4 heteroatoms. The van der Waals surface area contributed by atoms with Crippen LogP contribution in [0.4, 0.5) is 17.1 Å². The first kappa shape index (κ1) is 76.6.